The van der Waals surface area contributed by atoms with Crippen LogP contribution in [0, 0.1) is 0 Å². The van der Waals surface area contributed by atoms with Gasteiger partial charge in [-0.05, 0) is 90.2 Å². The molecule has 4 heterocycles. The third-order valence-corrected chi connectivity index (χ3v) is 9.29. The predicted molar refractivity (Wildman–Crippen MR) is 174 cm³/mol. The van der Waals surface area contributed by atoms with Crippen molar-refractivity contribution in [2.75, 3.05) is 13.2 Å². The molecule has 2 unspecified atom stereocenters. The van der Waals surface area contributed by atoms with Gasteiger partial charge in [0.05, 0.1) is 13.2 Å². The number of rotatable bonds is 11. The van der Waals surface area contributed by atoms with Crippen LogP contribution >= 0.6 is 0 Å². The number of fused-ring (bicyclic) bond motifs is 1. The van der Waals surface area contributed by atoms with Gasteiger partial charge in [0, 0.05) is 42.5 Å². The second kappa shape index (κ2) is 14.2. The first kappa shape index (κ1) is 31.3. The fourth-order valence-electron chi connectivity index (χ4n) is 6.63. The summed E-state index contributed by atoms with van der Waals surface area (Å²) < 4.78 is 22.9. The van der Waals surface area contributed by atoms with Crippen LogP contribution in [0.1, 0.15) is 103 Å². The van der Waals surface area contributed by atoms with Crippen LogP contribution in [0.5, 0.6) is 0 Å². The SMILES string of the molecule is CCC(C)n1c(=O)n(CCCOC2CCCCO2)c(=O)c2c1nc(C1=C(C)N=C(OC3CCCC3)CC1)n2CC1=C=C=CC=C1. The number of nitrogens with zero attached hydrogens (tertiary/aromatic N) is 5. The maximum absolute atomic E-state index is 14.3. The van der Waals surface area contributed by atoms with Crippen molar-refractivity contribution >= 4 is 22.6 Å². The highest BCUT2D eigenvalue weighted by molar-refractivity contribution is 5.86. The van der Waals surface area contributed by atoms with Gasteiger partial charge < -0.3 is 18.8 Å². The number of imidazole rings is 1. The minimum atomic E-state index is -0.343. The van der Waals surface area contributed by atoms with Gasteiger partial charge in [0.15, 0.2) is 23.4 Å². The summed E-state index contributed by atoms with van der Waals surface area (Å²) in [5.41, 5.74) is 9.01. The van der Waals surface area contributed by atoms with Gasteiger partial charge in [-0.1, -0.05) is 24.5 Å². The fraction of sp³-hybridized carbons (Fsp3) is 0.600. The van der Waals surface area contributed by atoms with Crippen molar-refractivity contribution in [3.05, 3.63) is 67.6 Å². The van der Waals surface area contributed by atoms with Gasteiger partial charge in [-0.25, -0.2) is 14.8 Å². The van der Waals surface area contributed by atoms with Crippen molar-refractivity contribution in [3.63, 3.8) is 0 Å². The number of aromatic nitrogens is 4. The molecule has 2 aromatic heterocycles. The second-order valence-electron chi connectivity index (χ2n) is 12.5. The average Bonchev–Trinajstić information content (AvgIpc) is 3.70. The lowest BCUT2D eigenvalue weighted by Gasteiger charge is -2.22. The smallest absolute Gasteiger partial charge is 0.332 e. The Morgan fingerprint density at radius 1 is 1.11 bits per heavy atom. The van der Waals surface area contributed by atoms with Crippen LogP contribution in [0.15, 0.2) is 55.5 Å². The summed E-state index contributed by atoms with van der Waals surface area (Å²) in [6, 6.07) is -0.155. The molecule has 0 spiro atoms. The molecular formula is C35H45N5O5. The summed E-state index contributed by atoms with van der Waals surface area (Å²) in [6.07, 6.45) is 15.9. The number of hydrogen-bond donors (Lipinski definition) is 0. The van der Waals surface area contributed by atoms with E-state index in [0.29, 0.717) is 62.4 Å². The molecule has 2 fully saturated rings. The molecule has 0 amide bonds. The van der Waals surface area contributed by atoms with Crippen molar-refractivity contribution in [1.82, 2.24) is 18.7 Å². The van der Waals surface area contributed by atoms with Crippen LogP contribution in [0.25, 0.3) is 16.7 Å². The Bertz CT molecular complexity index is 1730. The molecule has 1 saturated heterocycles. The first-order valence-corrected chi connectivity index (χ1v) is 16.7. The molecule has 0 N–H and O–H groups in total. The molecule has 10 nitrogen and oxygen atoms in total. The zero-order valence-electron chi connectivity index (χ0n) is 26.8. The molecule has 45 heavy (non-hydrogen) atoms. The third-order valence-electron chi connectivity index (χ3n) is 9.29. The van der Waals surface area contributed by atoms with Crippen LogP contribution in [-0.2, 0) is 27.3 Å². The maximum Gasteiger partial charge on any atom is 0.332 e. The van der Waals surface area contributed by atoms with E-state index in [2.05, 4.69) is 11.5 Å². The monoisotopic (exact) mass is 615 g/mol. The van der Waals surface area contributed by atoms with E-state index in [4.69, 9.17) is 24.2 Å². The highest BCUT2D eigenvalue weighted by Gasteiger charge is 2.28. The quantitative estimate of drug-likeness (QED) is 0.229. The zero-order chi connectivity index (χ0) is 31.3. The van der Waals surface area contributed by atoms with E-state index in [1.54, 1.807) is 10.6 Å². The molecule has 240 valence electrons. The number of aliphatic imine (C=N–C) groups is 1. The molecule has 0 aromatic carbocycles. The number of hydrogen-bond acceptors (Lipinski definition) is 7. The molecule has 0 bridgehead atoms. The van der Waals surface area contributed by atoms with Crippen molar-refractivity contribution in [1.29, 1.82) is 0 Å². The first-order chi connectivity index (χ1) is 21.9. The van der Waals surface area contributed by atoms with Gasteiger partial charge in [0.2, 0.25) is 0 Å². The van der Waals surface area contributed by atoms with E-state index in [-0.39, 0.29) is 36.2 Å². The average molecular weight is 616 g/mol. The highest BCUT2D eigenvalue weighted by atomic mass is 16.7. The summed E-state index contributed by atoms with van der Waals surface area (Å²) in [7, 11) is 0. The first-order valence-electron chi connectivity index (χ1n) is 16.7. The van der Waals surface area contributed by atoms with Crippen LogP contribution in [0.4, 0.5) is 0 Å². The van der Waals surface area contributed by atoms with Crippen LogP contribution in [-0.4, -0.2) is 50.2 Å². The van der Waals surface area contributed by atoms with E-state index < -0.39 is 0 Å². The Morgan fingerprint density at radius 2 is 1.93 bits per heavy atom. The third kappa shape index (κ3) is 6.80. The van der Waals surface area contributed by atoms with Gasteiger partial charge in [-0.2, -0.15) is 0 Å². The minimum absolute atomic E-state index is 0.155. The van der Waals surface area contributed by atoms with E-state index in [0.717, 1.165) is 54.8 Å². The molecule has 0 radical (unpaired) electrons. The van der Waals surface area contributed by atoms with Crippen molar-refractivity contribution in [2.45, 2.75) is 123 Å². The second-order valence-corrected chi connectivity index (χ2v) is 12.5. The van der Waals surface area contributed by atoms with Gasteiger partial charge >= 0.3 is 5.69 Å². The Labute approximate surface area is 264 Å². The normalized spacial score (nSPS) is 21.1. The van der Waals surface area contributed by atoms with E-state index in [9.17, 15) is 9.59 Å². The van der Waals surface area contributed by atoms with Crippen LogP contribution in [0.3, 0.4) is 0 Å². The van der Waals surface area contributed by atoms with E-state index in [1.165, 1.54) is 17.4 Å². The highest BCUT2D eigenvalue weighted by Crippen LogP contribution is 2.32. The minimum Gasteiger partial charge on any atom is -0.477 e. The molecule has 2 aliphatic carbocycles. The van der Waals surface area contributed by atoms with Crippen molar-refractivity contribution in [3.8, 4) is 0 Å². The molecule has 6 rings (SSSR count). The molecule has 1 saturated carbocycles. The Kier molecular flexibility index (Phi) is 9.86. The van der Waals surface area contributed by atoms with Gasteiger partial charge in [-0.15, -0.1) is 0 Å². The predicted octanol–water partition coefficient (Wildman–Crippen LogP) is 5.95. The van der Waals surface area contributed by atoms with E-state index >= 15 is 0 Å². The molecule has 2 aliphatic heterocycles. The Morgan fingerprint density at radius 3 is 2.64 bits per heavy atom. The molecule has 2 aromatic rings. The van der Waals surface area contributed by atoms with Gasteiger partial charge in [0.1, 0.15) is 11.9 Å². The molecular weight excluding hydrogens is 570 g/mol. The molecule has 4 aliphatic rings. The topological polar surface area (TPSA) is 102 Å². The number of allylic oxidation sites excluding steroid dienone is 6. The summed E-state index contributed by atoms with van der Waals surface area (Å²) in [5.74, 6) is 1.43. The fourth-order valence-corrected chi connectivity index (χ4v) is 6.63. The van der Waals surface area contributed by atoms with Crippen molar-refractivity contribution < 1.29 is 14.2 Å². The summed E-state index contributed by atoms with van der Waals surface area (Å²) in [4.78, 5) is 38.2. The standard InChI is InChI=1S/C35H45N5O5/c1-4-24(2)40-33-31(34(41)38(35(40)42)20-12-22-44-30-17-10-11-21-43-30)39(23-26-13-6-5-7-14-26)32(37-33)28-18-19-29(36-25(28)3)45-27-15-8-9-16-27/h5-6,13,24,27,30H,4,8-12,15-23H2,1-3H3. The van der Waals surface area contributed by atoms with Crippen LogP contribution < -0.4 is 11.2 Å². The Balaban J connectivity index is 1.43. The van der Waals surface area contributed by atoms with E-state index in [1.807, 2.05) is 37.5 Å². The number of ether oxygens (including phenoxy) is 3. The maximum atomic E-state index is 14.3. The molecule has 2 atom stereocenters. The largest absolute Gasteiger partial charge is 0.477 e. The summed E-state index contributed by atoms with van der Waals surface area (Å²) in [5, 5.41) is 0. The molecule has 10 heteroatoms. The Hall–Kier alpha value is -3.68. The van der Waals surface area contributed by atoms with Crippen molar-refractivity contribution in [2.24, 2.45) is 4.99 Å². The lowest BCUT2D eigenvalue weighted by atomic mass is 10.0. The van der Waals surface area contributed by atoms with Gasteiger partial charge in [0.25, 0.3) is 5.56 Å². The lowest BCUT2D eigenvalue weighted by molar-refractivity contribution is -0.163. The summed E-state index contributed by atoms with van der Waals surface area (Å²) >= 11 is 0. The summed E-state index contributed by atoms with van der Waals surface area (Å²) in [6.45, 7) is 7.75. The van der Waals surface area contributed by atoms with Gasteiger partial charge in [-0.3, -0.25) is 13.9 Å². The lowest BCUT2D eigenvalue weighted by Crippen LogP contribution is -2.42. The van der Waals surface area contributed by atoms with Crippen LogP contribution in [0.2, 0.25) is 0 Å². The zero-order valence-corrected chi connectivity index (χ0v) is 26.8.